The van der Waals surface area contributed by atoms with Crippen LogP contribution in [0.1, 0.15) is 13.3 Å². The van der Waals surface area contributed by atoms with E-state index in [0.717, 1.165) is 6.42 Å². The van der Waals surface area contributed by atoms with Crippen molar-refractivity contribution in [2.24, 2.45) is 0 Å². The van der Waals surface area contributed by atoms with Crippen LogP contribution < -0.4 is 0 Å². The summed E-state index contributed by atoms with van der Waals surface area (Å²) >= 11 is 0. The van der Waals surface area contributed by atoms with Crippen LogP contribution in [0.4, 0.5) is 0 Å². The first kappa shape index (κ1) is 5.48. The first-order valence-electron chi connectivity index (χ1n) is 2.03. The van der Waals surface area contributed by atoms with Gasteiger partial charge >= 0.3 is 0 Å². The van der Waals surface area contributed by atoms with Gasteiger partial charge in [0.05, 0.1) is 0 Å². The Morgan fingerprint density at radius 2 is 2.50 bits per heavy atom. The van der Waals surface area contributed by atoms with Crippen LogP contribution in [0.15, 0.2) is 18.7 Å². The molecule has 0 rings (SSSR count). The summed E-state index contributed by atoms with van der Waals surface area (Å²) in [6.07, 6.45) is 7.59. The van der Waals surface area contributed by atoms with Gasteiger partial charge in [-0.05, 0) is 19.4 Å². The lowest BCUT2D eigenvalue weighted by Crippen LogP contribution is -1.49. The number of rotatable bonds is 2. The SMILES string of the molecule is C=[C]CC=CC. The lowest BCUT2D eigenvalue weighted by molar-refractivity contribution is 1.34. The summed E-state index contributed by atoms with van der Waals surface area (Å²) in [4.78, 5) is 0. The summed E-state index contributed by atoms with van der Waals surface area (Å²) in [5, 5.41) is 0. The van der Waals surface area contributed by atoms with E-state index in [4.69, 9.17) is 0 Å². The number of allylic oxidation sites excluding steroid dienone is 3. The molecule has 0 aliphatic heterocycles. The van der Waals surface area contributed by atoms with Gasteiger partial charge in [-0.2, -0.15) is 0 Å². The highest BCUT2D eigenvalue weighted by Crippen LogP contribution is 1.77. The highest BCUT2D eigenvalue weighted by atomic mass is 13.6. The smallest absolute Gasteiger partial charge is 0.0101 e. The Balaban J connectivity index is 2.85. The van der Waals surface area contributed by atoms with Gasteiger partial charge in [-0.3, -0.25) is 0 Å². The van der Waals surface area contributed by atoms with Crippen molar-refractivity contribution < 1.29 is 0 Å². The maximum absolute atomic E-state index is 3.42. The normalized spacial score (nSPS) is 9.50. The summed E-state index contributed by atoms with van der Waals surface area (Å²) in [6.45, 7) is 5.41. The first-order chi connectivity index (χ1) is 2.91. The third-order valence-corrected chi connectivity index (χ3v) is 0.498. The van der Waals surface area contributed by atoms with Crippen LogP contribution in [0.5, 0.6) is 0 Å². The molecule has 0 atom stereocenters. The summed E-state index contributed by atoms with van der Waals surface area (Å²) in [5.41, 5.74) is 0. The van der Waals surface area contributed by atoms with Gasteiger partial charge in [0, 0.05) is 0 Å². The van der Waals surface area contributed by atoms with Crippen LogP contribution in [-0.4, -0.2) is 0 Å². The first-order valence-corrected chi connectivity index (χ1v) is 2.03. The Labute approximate surface area is 39.2 Å². The highest BCUT2D eigenvalue weighted by Gasteiger charge is 1.58. The standard InChI is InChI=1S/C6H9/c1-3-5-6-4-2/h4,6H,1,5H2,2H3. The number of hydrogen-bond acceptors (Lipinski definition) is 0. The molecule has 0 nitrogen and oxygen atoms in total. The van der Waals surface area contributed by atoms with Gasteiger partial charge in [0.1, 0.15) is 0 Å². The largest absolute Gasteiger partial charge is 0.0953 e. The lowest BCUT2D eigenvalue weighted by atomic mass is 10.4. The van der Waals surface area contributed by atoms with E-state index in [1.807, 2.05) is 19.1 Å². The quantitative estimate of drug-likeness (QED) is 0.445. The zero-order chi connectivity index (χ0) is 4.83. The molecule has 33 valence electrons. The molecule has 1 radical (unpaired) electrons. The molecule has 0 aromatic carbocycles. The van der Waals surface area contributed by atoms with Crippen molar-refractivity contribution in [3.63, 3.8) is 0 Å². The fourth-order valence-electron chi connectivity index (χ4n) is 0.201. The van der Waals surface area contributed by atoms with Gasteiger partial charge in [-0.15, -0.1) is 0 Å². The molecule has 0 aliphatic carbocycles. The second-order valence-electron chi connectivity index (χ2n) is 1.02. The van der Waals surface area contributed by atoms with E-state index in [1.165, 1.54) is 0 Å². The Morgan fingerprint density at radius 3 is 2.67 bits per heavy atom. The van der Waals surface area contributed by atoms with Crippen LogP contribution in [0, 0.1) is 6.08 Å². The van der Waals surface area contributed by atoms with E-state index < -0.39 is 0 Å². The summed E-state index contributed by atoms with van der Waals surface area (Å²) in [6, 6.07) is 0. The van der Waals surface area contributed by atoms with Gasteiger partial charge < -0.3 is 0 Å². The van der Waals surface area contributed by atoms with Gasteiger partial charge in [0.2, 0.25) is 0 Å². The summed E-state index contributed by atoms with van der Waals surface area (Å²) in [5.74, 6) is 0. The van der Waals surface area contributed by atoms with Gasteiger partial charge in [0.15, 0.2) is 0 Å². The summed E-state index contributed by atoms with van der Waals surface area (Å²) in [7, 11) is 0. The van der Waals surface area contributed by atoms with Crippen molar-refractivity contribution in [2.45, 2.75) is 13.3 Å². The van der Waals surface area contributed by atoms with Crippen LogP contribution in [0.25, 0.3) is 0 Å². The Kier molecular flexibility index (Phi) is 4.09. The zero-order valence-corrected chi connectivity index (χ0v) is 4.07. The minimum absolute atomic E-state index is 0.872. The third-order valence-electron chi connectivity index (χ3n) is 0.498. The van der Waals surface area contributed by atoms with Gasteiger partial charge in [-0.25, -0.2) is 0 Å². The molecule has 0 saturated carbocycles. The molecule has 0 heterocycles. The maximum atomic E-state index is 3.42. The predicted octanol–water partition coefficient (Wildman–Crippen LogP) is 1.94. The van der Waals surface area contributed by atoms with Crippen LogP contribution in [0.3, 0.4) is 0 Å². The van der Waals surface area contributed by atoms with Crippen molar-refractivity contribution in [3.8, 4) is 0 Å². The molecule has 0 N–H and O–H groups in total. The van der Waals surface area contributed by atoms with E-state index in [9.17, 15) is 0 Å². The average Bonchev–Trinajstić information content (AvgIpc) is 1.61. The van der Waals surface area contributed by atoms with Crippen molar-refractivity contribution in [3.05, 3.63) is 24.8 Å². The molecule has 0 spiro atoms. The molecule has 0 unspecified atom stereocenters. The molecule has 0 fully saturated rings. The van der Waals surface area contributed by atoms with E-state index in [1.54, 1.807) is 0 Å². The topological polar surface area (TPSA) is 0 Å². The molecule has 0 saturated heterocycles. The molecule has 0 aromatic rings. The van der Waals surface area contributed by atoms with Crippen molar-refractivity contribution in [2.75, 3.05) is 0 Å². The lowest BCUT2D eigenvalue weighted by Gasteiger charge is -1.68. The minimum Gasteiger partial charge on any atom is -0.0953 e. The Morgan fingerprint density at radius 1 is 1.83 bits per heavy atom. The van der Waals surface area contributed by atoms with E-state index in [2.05, 4.69) is 12.7 Å². The number of hydrogen-bond donors (Lipinski definition) is 0. The molecule has 0 heteroatoms. The Bertz CT molecular complexity index is 51.1. The minimum atomic E-state index is 0.872. The molecular weight excluding hydrogens is 72.1 g/mol. The van der Waals surface area contributed by atoms with E-state index in [0.29, 0.717) is 0 Å². The van der Waals surface area contributed by atoms with Crippen LogP contribution >= 0.6 is 0 Å². The van der Waals surface area contributed by atoms with Gasteiger partial charge in [0.25, 0.3) is 0 Å². The molecule has 0 amide bonds. The molecule has 0 aliphatic rings. The second-order valence-corrected chi connectivity index (χ2v) is 1.02. The fraction of sp³-hybridized carbons (Fsp3) is 0.333. The van der Waals surface area contributed by atoms with Crippen molar-refractivity contribution in [1.82, 2.24) is 0 Å². The molecular formula is C6H9. The molecule has 6 heavy (non-hydrogen) atoms. The van der Waals surface area contributed by atoms with E-state index >= 15 is 0 Å². The van der Waals surface area contributed by atoms with Crippen LogP contribution in [0.2, 0.25) is 0 Å². The fourth-order valence-corrected chi connectivity index (χ4v) is 0.201. The van der Waals surface area contributed by atoms with Crippen molar-refractivity contribution in [1.29, 1.82) is 0 Å². The second kappa shape index (κ2) is 4.48. The van der Waals surface area contributed by atoms with Crippen LogP contribution in [-0.2, 0) is 0 Å². The average molecular weight is 81.1 g/mol. The van der Waals surface area contributed by atoms with E-state index in [-0.39, 0.29) is 0 Å². The van der Waals surface area contributed by atoms with Gasteiger partial charge in [-0.1, -0.05) is 18.7 Å². The Hall–Kier alpha value is -0.520. The highest BCUT2D eigenvalue weighted by molar-refractivity contribution is 4.80. The monoisotopic (exact) mass is 81.1 g/mol. The van der Waals surface area contributed by atoms with Crippen molar-refractivity contribution >= 4 is 0 Å². The predicted molar refractivity (Wildman–Crippen MR) is 28.3 cm³/mol. The molecule has 0 bridgehead atoms. The summed E-state index contributed by atoms with van der Waals surface area (Å²) < 4.78 is 0. The maximum Gasteiger partial charge on any atom is -0.0101 e. The zero-order valence-electron chi connectivity index (χ0n) is 4.07. The molecule has 0 aromatic heterocycles. The third kappa shape index (κ3) is 3.48.